The van der Waals surface area contributed by atoms with Gasteiger partial charge in [-0.05, 0) is 37.1 Å². The zero-order chi connectivity index (χ0) is 18.5. The third kappa shape index (κ3) is 4.36. The van der Waals surface area contributed by atoms with E-state index in [2.05, 4.69) is 20.2 Å². The smallest absolute Gasteiger partial charge is 0.272 e. The van der Waals surface area contributed by atoms with Gasteiger partial charge in [0.2, 0.25) is 0 Å². The van der Waals surface area contributed by atoms with E-state index in [9.17, 15) is 4.79 Å². The third-order valence-electron chi connectivity index (χ3n) is 5.08. The number of ether oxygens (including phenoxy) is 1. The van der Waals surface area contributed by atoms with Crippen LogP contribution in [0.3, 0.4) is 0 Å². The topological polar surface area (TPSA) is 70.6 Å². The average Bonchev–Trinajstić information content (AvgIpc) is 3.26. The Labute approximate surface area is 159 Å². The number of hydrogen-bond acceptors (Lipinski definition) is 6. The van der Waals surface area contributed by atoms with Crippen LogP contribution < -0.4 is 10.2 Å². The van der Waals surface area contributed by atoms with Gasteiger partial charge in [-0.25, -0.2) is 4.98 Å². The third-order valence-corrected chi connectivity index (χ3v) is 5.08. The molecular weight excluding hydrogens is 342 g/mol. The summed E-state index contributed by atoms with van der Waals surface area (Å²) < 4.78 is 5.63. The van der Waals surface area contributed by atoms with E-state index in [0.29, 0.717) is 18.8 Å². The van der Waals surface area contributed by atoms with Gasteiger partial charge in [-0.3, -0.25) is 9.78 Å². The minimum Gasteiger partial charge on any atom is -0.382 e. The number of carbonyl (C=O) groups is 1. The second kappa shape index (κ2) is 8.35. The summed E-state index contributed by atoms with van der Waals surface area (Å²) in [5, 5.41) is 3.36. The first kappa shape index (κ1) is 17.7. The molecule has 27 heavy (non-hydrogen) atoms. The predicted molar refractivity (Wildman–Crippen MR) is 104 cm³/mol. The number of carbonyl (C=O) groups excluding carboxylic acids is 1. The van der Waals surface area contributed by atoms with Crippen LogP contribution in [0.15, 0.2) is 42.7 Å². The van der Waals surface area contributed by atoms with Crippen LogP contribution in [0.25, 0.3) is 0 Å². The number of piperazine rings is 1. The Balaban J connectivity index is 1.33. The molecule has 1 unspecified atom stereocenters. The molecular formula is C20H25N5O2. The van der Waals surface area contributed by atoms with Crippen LogP contribution in [0.5, 0.6) is 0 Å². The van der Waals surface area contributed by atoms with Crippen molar-refractivity contribution in [2.75, 3.05) is 49.5 Å². The van der Waals surface area contributed by atoms with Crippen LogP contribution >= 0.6 is 0 Å². The fraction of sp³-hybridized carbons (Fsp3) is 0.450. The average molecular weight is 367 g/mol. The lowest BCUT2D eigenvalue weighted by atomic mass is 10.2. The summed E-state index contributed by atoms with van der Waals surface area (Å²) in [6.07, 6.45) is 5.96. The first-order valence-corrected chi connectivity index (χ1v) is 9.56. The molecule has 2 fully saturated rings. The Morgan fingerprint density at radius 2 is 2.04 bits per heavy atom. The highest BCUT2D eigenvalue weighted by molar-refractivity contribution is 5.93. The fourth-order valence-corrected chi connectivity index (χ4v) is 3.54. The van der Waals surface area contributed by atoms with E-state index in [1.807, 2.05) is 35.2 Å². The quantitative estimate of drug-likeness (QED) is 0.872. The Bertz CT molecular complexity index is 756. The second-order valence-electron chi connectivity index (χ2n) is 6.91. The minimum atomic E-state index is -0.0172. The summed E-state index contributed by atoms with van der Waals surface area (Å²) >= 11 is 0. The summed E-state index contributed by atoms with van der Waals surface area (Å²) in [6.45, 7) is 4.51. The van der Waals surface area contributed by atoms with Crippen molar-refractivity contribution >= 4 is 17.4 Å². The van der Waals surface area contributed by atoms with E-state index in [4.69, 9.17) is 4.74 Å². The SMILES string of the molecule is O=C(c1cc(NCC2CCCO2)ccn1)N1CCN(c2ccccn2)CC1. The highest BCUT2D eigenvalue weighted by atomic mass is 16.5. The molecule has 1 atom stereocenters. The van der Waals surface area contributed by atoms with Crippen LogP contribution in [0.1, 0.15) is 23.3 Å². The molecule has 0 radical (unpaired) electrons. The molecule has 4 heterocycles. The van der Waals surface area contributed by atoms with Gasteiger partial charge in [0.1, 0.15) is 11.5 Å². The molecule has 0 aromatic carbocycles. The summed E-state index contributed by atoms with van der Waals surface area (Å²) in [5.41, 5.74) is 1.40. The molecule has 7 nitrogen and oxygen atoms in total. The number of amides is 1. The van der Waals surface area contributed by atoms with Gasteiger partial charge in [-0.15, -0.1) is 0 Å². The number of aromatic nitrogens is 2. The Morgan fingerprint density at radius 1 is 1.15 bits per heavy atom. The molecule has 2 aliphatic rings. The molecule has 0 saturated carbocycles. The van der Waals surface area contributed by atoms with E-state index < -0.39 is 0 Å². The second-order valence-corrected chi connectivity index (χ2v) is 6.91. The van der Waals surface area contributed by atoms with E-state index in [-0.39, 0.29) is 12.0 Å². The Kier molecular flexibility index (Phi) is 5.48. The summed E-state index contributed by atoms with van der Waals surface area (Å²) in [7, 11) is 0. The van der Waals surface area contributed by atoms with Crippen LogP contribution in [0, 0.1) is 0 Å². The van der Waals surface area contributed by atoms with Crippen molar-refractivity contribution in [3.8, 4) is 0 Å². The molecule has 2 saturated heterocycles. The standard InChI is InChI=1S/C20H25N5O2/c26-20(25-11-9-24(10-12-25)19-5-1-2-7-22-19)18-14-16(6-8-21-18)23-15-17-4-3-13-27-17/h1-2,5-8,14,17H,3-4,9-13,15H2,(H,21,23). The van der Waals surface area contributed by atoms with Crippen LogP contribution in [0.4, 0.5) is 11.5 Å². The van der Waals surface area contributed by atoms with Gasteiger partial charge in [0, 0.05) is 57.4 Å². The number of hydrogen-bond donors (Lipinski definition) is 1. The maximum atomic E-state index is 12.8. The van der Waals surface area contributed by atoms with E-state index in [1.165, 1.54) is 0 Å². The number of anilines is 2. The Hall–Kier alpha value is -2.67. The maximum Gasteiger partial charge on any atom is 0.272 e. The molecule has 0 bridgehead atoms. The first-order valence-electron chi connectivity index (χ1n) is 9.56. The van der Waals surface area contributed by atoms with Gasteiger partial charge < -0.3 is 19.9 Å². The number of nitrogens with one attached hydrogen (secondary N) is 1. The van der Waals surface area contributed by atoms with Crippen molar-refractivity contribution in [2.45, 2.75) is 18.9 Å². The fourth-order valence-electron chi connectivity index (χ4n) is 3.54. The molecule has 0 aliphatic carbocycles. The lowest BCUT2D eigenvalue weighted by molar-refractivity contribution is 0.0740. The summed E-state index contributed by atoms with van der Waals surface area (Å²) in [4.78, 5) is 25.6. The molecule has 1 N–H and O–H groups in total. The highest BCUT2D eigenvalue weighted by Gasteiger charge is 2.24. The minimum absolute atomic E-state index is 0.0172. The predicted octanol–water partition coefficient (Wildman–Crippen LogP) is 2.03. The zero-order valence-corrected chi connectivity index (χ0v) is 15.4. The van der Waals surface area contributed by atoms with Crippen molar-refractivity contribution in [2.24, 2.45) is 0 Å². The van der Waals surface area contributed by atoms with Gasteiger partial charge in [0.05, 0.1) is 6.10 Å². The number of pyridine rings is 2. The van der Waals surface area contributed by atoms with Crippen LogP contribution in [-0.4, -0.2) is 66.2 Å². The molecule has 0 spiro atoms. The molecule has 2 aromatic heterocycles. The summed E-state index contributed by atoms with van der Waals surface area (Å²) in [6, 6.07) is 9.63. The molecule has 2 aromatic rings. The molecule has 7 heteroatoms. The van der Waals surface area contributed by atoms with Gasteiger partial charge >= 0.3 is 0 Å². The van der Waals surface area contributed by atoms with Gasteiger partial charge in [-0.1, -0.05) is 6.07 Å². The number of nitrogens with zero attached hydrogens (tertiary/aromatic N) is 4. The van der Waals surface area contributed by atoms with Gasteiger partial charge in [0.25, 0.3) is 5.91 Å². The molecule has 2 aliphatic heterocycles. The van der Waals surface area contributed by atoms with Gasteiger partial charge in [-0.2, -0.15) is 0 Å². The zero-order valence-electron chi connectivity index (χ0n) is 15.4. The molecule has 142 valence electrons. The Morgan fingerprint density at radius 3 is 2.78 bits per heavy atom. The van der Waals surface area contributed by atoms with Gasteiger partial charge in [0.15, 0.2) is 0 Å². The van der Waals surface area contributed by atoms with Crippen molar-refractivity contribution in [3.63, 3.8) is 0 Å². The van der Waals surface area contributed by atoms with E-state index in [1.54, 1.807) is 12.4 Å². The highest BCUT2D eigenvalue weighted by Crippen LogP contribution is 2.17. The largest absolute Gasteiger partial charge is 0.382 e. The van der Waals surface area contributed by atoms with Crippen molar-refractivity contribution in [1.29, 1.82) is 0 Å². The molecule has 4 rings (SSSR count). The van der Waals surface area contributed by atoms with Crippen molar-refractivity contribution in [1.82, 2.24) is 14.9 Å². The van der Waals surface area contributed by atoms with Crippen molar-refractivity contribution in [3.05, 3.63) is 48.4 Å². The first-order chi connectivity index (χ1) is 13.3. The van der Waals surface area contributed by atoms with Crippen LogP contribution in [0.2, 0.25) is 0 Å². The molecule has 1 amide bonds. The van der Waals surface area contributed by atoms with Crippen LogP contribution in [-0.2, 0) is 4.74 Å². The maximum absolute atomic E-state index is 12.8. The lowest BCUT2D eigenvalue weighted by Gasteiger charge is -2.35. The van der Waals surface area contributed by atoms with E-state index in [0.717, 1.165) is 50.6 Å². The lowest BCUT2D eigenvalue weighted by Crippen LogP contribution is -2.49. The summed E-state index contributed by atoms with van der Waals surface area (Å²) in [5.74, 6) is 0.944. The number of rotatable bonds is 5. The van der Waals surface area contributed by atoms with Crippen molar-refractivity contribution < 1.29 is 9.53 Å². The monoisotopic (exact) mass is 367 g/mol. The normalized spacial score (nSPS) is 19.9. The van der Waals surface area contributed by atoms with E-state index >= 15 is 0 Å².